The van der Waals surface area contributed by atoms with Crippen molar-refractivity contribution in [3.05, 3.63) is 112 Å². The molecule has 37 heavy (non-hydrogen) atoms. The molecule has 0 saturated carbocycles. The number of furan rings is 1. The average Bonchev–Trinajstić information content (AvgIpc) is 3.60. The van der Waals surface area contributed by atoms with E-state index in [1.165, 1.54) is 5.56 Å². The lowest BCUT2D eigenvalue weighted by Gasteiger charge is -2.30. The standard InChI is InChI=1S/C28H30N6O3/c1-3-20-11-12-25-22(16-20)17-24(28(35)29-25)26(27-30-31-32-34(27)13-15-36-2)33(19-23-10-7-14-37-23)18-21-8-5-4-6-9-21/h4-12,14,16-17,26H,3,13,15,18-19H2,1-2H3,(H,29,35)/t26-/m1/s1. The van der Waals surface area contributed by atoms with Crippen LogP contribution in [0, 0.1) is 0 Å². The van der Waals surface area contributed by atoms with Crippen molar-refractivity contribution in [2.45, 2.75) is 39.0 Å². The lowest BCUT2D eigenvalue weighted by Crippen LogP contribution is -2.35. The number of H-pyrrole nitrogens is 1. The molecule has 3 aromatic heterocycles. The Morgan fingerprint density at radius 1 is 1.05 bits per heavy atom. The average molecular weight is 499 g/mol. The van der Waals surface area contributed by atoms with Gasteiger partial charge in [-0.25, -0.2) is 4.68 Å². The van der Waals surface area contributed by atoms with E-state index in [-0.39, 0.29) is 5.56 Å². The first kappa shape index (κ1) is 24.6. The summed E-state index contributed by atoms with van der Waals surface area (Å²) in [5.41, 5.74) is 3.48. The Labute approximate surface area is 214 Å². The number of ether oxygens (including phenoxy) is 1. The molecule has 5 aromatic rings. The highest BCUT2D eigenvalue weighted by Crippen LogP contribution is 2.30. The van der Waals surface area contributed by atoms with Crippen molar-refractivity contribution in [2.24, 2.45) is 0 Å². The van der Waals surface area contributed by atoms with Gasteiger partial charge in [0.05, 0.1) is 26.0 Å². The number of tetrazole rings is 1. The van der Waals surface area contributed by atoms with Crippen molar-refractivity contribution in [2.75, 3.05) is 13.7 Å². The fourth-order valence-electron chi connectivity index (χ4n) is 4.60. The van der Waals surface area contributed by atoms with E-state index in [4.69, 9.17) is 9.15 Å². The maximum absolute atomic E-state index is 13.6. The van der Waals surface area contributed by atoms with Gasteiger partial charge in [0.2, 0.25) is 0 Å². The van der Waals surface area contributed by atoms with Crippen molar-refractivity contribution in [3.63, 3.8) is 0 Å². The summed E-state index contributed by atoms with van der Waals surface area (Å²) in [6.07, 6.45) is 2.56. The predicted octanol–water partition coefficient (Wildman–Crippen LogP) is 4.11. The fraction of sp³-hybridized carbons (Fsp3) is 0.286. The number of hydrogen-bond donors (Lipinski definition) is 1. The van der Waals surface area contributed by atoms with Crippen molar-refractivity contribution in [1.29, 1.82) is 0 Å². The van der Waals surface area contributed by atoms with Gasteiger partial charge in [-0.15, -0.1) is 5.10 Å². The number of nitrogens with zero attached hydrogens (tertiary/aromatic N) is 5. The van der Waals surface area contributed by atoms with E-state index in [1.54, 1.807) is 18.1 Å². The molecule has 0 unspecified atom stereocenters. The summed E-state index contributed by atoms with van der Waals surface area (Å²) >= 11 is 0. The summed E-state index contributed by atoms with van der Waals surface area (Å²) in [6.45, 7) is 4.02. The van der Waals surface area contributed by atoms with Crippen LogP contribution in [0.5, 0.6) is 0 Å². The molecule has 9 nitrogen and oxygen atoms in total. The van der Waals surface area contributed by atoms with Crippen LogP contribution in [-0.4, -0.2) is 43.8 Å². The maximum atomic E-state index is 13.6. The quantitative estimate of drug-likeness (QED) is 0.292. The van der Waals surface area contributed by atoms with Gasteiger partial charge >= 0.3 is 0 Å². The topological polar surface area (TPSA) is 102 Å². The lowest BCUT2D eigenvalue weighted by atomic mass is 10.0. The third-order valence-electron chi connectivity index (χ3n) is 6.48. The molecule has 0 aliphatic rings. The van der Waals surface area contributed by atoms with E-state index in [0.29, 0.717) is 37.6 Å². The minimum Gasteiger partial charge on any atom is -0.468 e. The SMILES string of the molecule is CCc1ccc2[nH]c(=O)c([C@H](c3nnnn3CCOC)N(Cc3ccccc3)Cc3ccco3)cc2c1. The van der Waals surface area contributed by atoms with E-state index in [9.17, 15) is 4.79 Å². The van der Waals surface area contributed by atoms with Gasteiger partial charge in [-0.2, -0.15) is 0 Å². The maximum Gasteiger partial charge on any atom is 0.253 e. The van der Waals surface area contributed by atoms with Crippen LogP contribution in [0.3, 0.4) is 0 Å². The molecule has 9 heteroatoms. The Kier molecular flexibility index (Phi) is 7.53. The van der Waals surface area contributed by atoms with Gasteiger partial charge in [0, 0.05) is 24.7 Å². The van der Waals surface area contributed by atoms with Crippen LogP contribution in [0.15, 0.2) is 82.2 Å². The van der Waals surface area contributed by atoms with Crippen molar-refractivity contribution in [1.82, 2.24) is 30.1 Å². The number of nitrogens with one attached hydrogen (secondary N) is 1. The largest absolute Gasteiger partial charge is 0.468 e. The predicted molar refractivity (Wildman–Crippen MR) is 140 cm³/mol. The Morgan fingerprint density at radius 3 is 2.68 bits per heavy atom. The van der Waals surface area contributed by atoms with Gasteiger partial charge in [0.15, 0.2) is 5.82 Å². The molecule has 3 heterocycles. The highest BCUT2D eigenvalue weighted by atomic mass is 16.5. The number of pyridine rings is 1. The second kappa shape index (κ2) is 11.3. The van der Waals surface area contributed by atoms with E-state index in [1.807, 2.05) is 48.5 Å². The summed E-state index contributed by atoms with van der Waals surface area (Å²) in [5.74, 6) is 1.35. The highest BCUT2D eigenvalue weighted by molar-refractivity contribution is 5.80. The fourth-order valence-corrected chi connectivity index (χ4v) is 4.60. The van der Waals surface area contributed by atoms with Crippen molar-refractivity contribution in [3.8, 4) is 0 Å². The smallest absolute Gasteiger partial charge is 0.253 e. The summed E-state index contributed by atoms with van der Waals surface area (Å²) in [6, 6.07) is 21.5. The monoisotopic (exact) mass is 498 g/mol. The lowest BCUT2D eigenvalue weighted by molar-refractivity contribution is 0.163. The molecule has 2 aromatic carbocycles. The van der Waals surface area contributed by atoms with Gasteiger partial charge in [0.25, 0.3) is 5.56 Å². The van der Waals surface area contributed by atoms with Crippen LogP contribution in [-0.2, 0) is 30.8 Å². The van der Waals surface area contributed by atoms with E-state index in [2.05, 4.69) is 50.5 Å². The number of rotatable bonds is 11. The molecule has 0 fully saturated rings. The Hall–Kier alpha value is -4.08. The van der Waals surface area contributed by atoms with Crippen molar-refractivity contribution >= 4 is 10.9 Å². The second-order valence-corrected chi connectivity index (χ2v) is 8.95. The Morgan fingerprint density at radius 2 is 1.92 bits per heavy atom. The van der Waals surface area contributed by atoms with Crippen LogP contribution in [0.25, 0.3) is 10.9 Å². The zero-order valence-electron chi connectivity index (χ0n) is 21.0. The van der Waals surface area contributed by atoms with E-state index >= 15 is 0 Å². The minimum absolute atomic E-state index is 0.180. The van der Waals surface area contributed by atoms with Crippen molar-refractivity contribution < 1.29 is 9.15 Å². The van der Waals surface area contributed by atoms with Gasteiger partial charge < -0.3 is 14.1 Å². The number of aromatic nitrogens is 5. The summed E-state index contributed by atoms with van der Waals surface area (Å²) < 4.78 is 12.7. The molecule has 190 valence electrons. The first-order valence-electron chi connectivity index (χ1n) is 12.4. The van der Waals surface area contributed by atoms with Gasteiger partial charge in [-0.05, 0) is 63.7 Å². The normalized spacial score (nSPS) is 12.4. The zero-order valence-corrected chi connectivity index (χ0v) is 21.0. The second-order valence-electron chi connectivity index (χ2n) is 8.95. The zero-order chi connectivity index (χ0) is 25.6. The summed E-state index contributed by atoms with van der Waals surface area (Å²) in [4.78, 5) is 18.9. The molecule has 1 N–H and O–H groups in total. The van der Waals surface area contributed by atoms with E-state index in [0.717, 1.165) is 28.6 Å². The summed E-state index contributed by atoms with van der Waals surface area (Å²) in [7, 11) is 1.64. The number of fused-ring (bicyclic) bond motifs is 1. The number of benzene rings is 2. The van der Waals surface area contributed by atoms with Gasteiger partial charge in [0.1, 0.15) is 11.8 Å². The molecule has 0 amide bonds. The third-order valence-corrected chi connectivity index (χ3v) is 6.48. The molecule has 5 rings (SSSR count). The van der Waals surface area contributed by atoms with Crippen LogP contribution in [0.1, 0.15) is 41.2 Å². The van der Waals surface area contributed by atoms with E-state index < -0.39 is 6.04 Å². The summed E-state index contributed by atoms with van der Waals surface area (Å²) in [5, 5.41) is 13.6. The number of aryl methyl sites for hydroxylation is 1. The third kappa shape index (κ3) is 5.52. The van der Waals surface area contributed by atoms with Gasteiger partial charge in [-0.1, -0.05) is 43.3 Å². The molecule has 0 spiro atoms. The Balaban J connectivity index is 1.68. The van der Waals surface area contributed by atoms with Crippen LogP contribution in [0.4, 0.5) is 0 Å². The molecular weight excluding hydrogens is 468 g/mol. The first-order chi connectivity index (χ1) is 18.2. The van der Waals surface area contributed by atoms with Crippen LogP contribution < -0.4 is 5.56 Å². The van der Waals surface area contributed by atoms with Crippen LogP contribution in [0.2, 0.25) is 0 Å². The molecule has 0 bridgehead atoms. The minimum atomic E-state index is -0.546. The molecule has 1 atom stereocenters. The first-order valence-corrected chi connectivity index (χ1v) is 12.4. The molecule has 0 aliphatic carbocycles. The number of methoxy groups -OCH3 is 1. The Bertz CT molecular complexity index is 1490. The molecular formula is C28H30N6O3. The van der Waals surface area contributed by atoms with Crippen LogP contribution >= 0.6 is 0 Å². The molecule has 0 aliphatic heterocycles. The highest BCUT2D eigenvalue weighted by Gasteiger charge is 2.31. The number of aromatic amines is 1. The number of hydrogen-bond acceptors (Lipinski definition) is 7. The molecule has 0 radical (unpaired) electrons. The molecule has 0 saturated heterocycles. The van der Waals surface area contributed by atoms with Gasteiger partial charge in [-0.3, -0.25) is 9.69 Å².